The van der Waals surface area contributed by atoms with Crippen molar-refractivity contribution >= 4 is 7.28 Å². The Morgan fingerprint density at radius 1 is 1.15 bits per heavy atom. The van der Waals surface area contributed by atoms with Crippen molar-refractivity contribution in [2.24, 2.45) is 11.8 Å². The fourth-order valence-corrected chi connectivity index (χ4v) is 1.48. The summed E-state index contributed by atoms with van der Waals surface area (Å²) in [5.74, 6) is 1.78. The Hall–Kier alpha value is 3.38. The zero-order valence-corrected chi connectivity index (χ0v) is 17.3. The van der Waals surface area contributed by atoms with Crippen LogP contribution in [0.25, 0.3) is 0 Å². The molecule has 4 heteroatoms. The van der Waals surface area contributed by atoms with E-state index in [1.807, 2.05) is 0 Å². The predicted octanol–water partition coefficient (Wildman–Crippen LogP) is 2.46. The van der Waals surface area contributed by atoms with E-state index in [9.17, 15) is 0 Å². The van der Waals surface area contributed by atoms with Crippen molar-refractivity contribution in [2.75, 3.05) is 0 Å². The van der Waals surface area contributed by atoms with Gasteiger partial charge in [0.2, 0.25) is 0 Å². The first-order valence-electron chi connectivity index (χ1n) is 4.29. The van der Waals surface area contributed by atoms with Crippen LogP contribution in [-0.2, 0) is 98.1 Å². The summed E-state index contributed by atoms with van der Waals surface area (Å²) in [5.41, 5.74) is 0. The molecular formula is C9H16BY3-2. The quantitative estimate of drug-likeness (QED) is 0.468. The van der Waals surface area contributed by atoms with Crippen molar-refractivity contribution < 1.29 is 98.1 Å². The summed E-state index contributed by atoms with van der Waals surface area (Å²) in [6.07, 6.45) is 8.53. The molecule has 1 heterocycles. The van der Waals surface area contributed by atoms with Crippen LogP contribution < -0.4 is 0 Å². The van der Waals surface area contributed by atoms with Gasteiger partial charge in [-0.2, -0.15) is 12.8 Å². The second-order valence-corrected chi connectivity index (χ2v) is 3.48. The average Bonchev–Trinajstić information content (AvgIpc) is 2.12. The molecule has 0 aromatic heterocycles. The fourth-order valence-electron chi connectivity index (χ4n) is 1.48. The van der Waals surface area contributed by atoms with Gasteiger partial charge in [-0.15, -0.1) is 0 Å². The number of rotatable bonds is 1. The van der Waals surface area contributed by atoms with Gasteiger partial charge >= 0.3 is 0 Å². The second kappa shape index (κ2) is 13.4. The Bertz CT molecular complexity index is 90.9. The Balaban J connectivity index is -0.000000333. The molecule has 0 aromatic carbocycles. The van der Waals surface area contributed by atoms with Crippen molar-refractivity contribution in [3.05, 3.63) is 12.6 Å². The predicted molar refractivity (Wildman–Crippen MR) is 46.5 cm³/mol. The summed E-state index contributed by atoms with van der Waals surface area (Å²) in [5, 5.41) is 0. The topological polar surface area (TPSA) is 0 Å². The molecule has 1 aliphatic rings. The largest absolute Gasteiger partial charge is 0.387 e. The van der Waals surface area contributed by atoms with E-state index in [1.165, 1.54) is 19.3 Å². The van der Waals surface area contributed by atoms with Crippen LogP contribution in [0.1, 0.15) is 33.1 Å². The van der Waals surface area contributed by atoms with Gasteiger partial charge in [0.1, 0.15) is 0 Å². The van der Waals surface area contributed by atoms with E-state index in [1.54, 1.807) is 0 Å². The SMILES string of the molecule is CC(C)C1C[CH-][B][CH-]CC1.[Y].[Y].[Y]. The van der Waals surface area contributed by atoms with E-state index in [0.29, 0.717) is 0 Å². The van der Waals surface area contributed by atoms with Crippen LogP contribution in [0.5, 0.6) is 0 Å². The first-order valence-corrected chi connectivity index (χ1v) is 4.29. The molecule has 1 fully saturated rings. The molecule has 0 saturated carbocycles. The van der Waals surface area contributed by atoms with Gasteiger partial charge < -0.3 is 19.9 Å². The van der Waals surface area contributed by atoms with E-state index in [-0.39, 0.29) is 98.1 Å². The molecule has 1 aliphatic heterocycles. The van der Waals surface area contributed by atoms with Crippen molar-refractivity contribution in [3.8, 4) is 0 Å². The molecule has 4 radical (unpaired) electrons. The Kier molecular flexibility index (Phi) is 22.4. The molecule has 0 spiro atoms. The van der Waals surface area contributed by atoms with Crippen LogP contribution >= 0.6 is 0 Å². The molecule has 0 amide bonds. The maximum atomic E-state index is 2.32. The Labute approximate surface area is 160 Å². The summed E-state index contributed by atoms with van der Waals surface area (Å²) >= 11 is 0. The maximum absolute atomic E-state index is 2.32. The van der Waals surface area contributed by atoms with E-state index in [2.05, 4.69) is 33.8 Å². The van der Waals surface area contributed by atoms with E-state index < -0.39 is 0 Å². The van der Waals surface area contributed by atoms with Crippen molar-refractivity contribution in [2.45, 2.75) is 33.1 Å². The first-order chi connectivity index (χ1) is 4.80. The van der Waals surface area contributed by atoms with Crippen LogP contribution in [0.4, 0.5) is 0 Å². The standard InChI is InChI=1S/C9H16B.3Y/c1-8(2)9-4-3-6-10-7-5-9;;;/h6-9H,3-5H2,1-2H3;;;/q-2;;;. The van der Waals surface area contributed by atoms with Gasteiger partial charge in [-0.25, -0.2) is 0 Å². The fraction of sp³-hybridized carbons (Fsp3) is 0.778. The summed E-state index contributed by atoms with van der Waals surface area (Å²) in [7, 11) is 2.21. The minimum Gasteiger partial charge on any atom is -0.387 e. The van der Waals surface area contributed by atoms with Gasteiger partial charge in [0.25, 0.3) is 0 Å². The van der Waals surface area contributed by atoms with Gasteiger partial charge in [-0.3, -0.25) is 0 Å². The normalized spacial score (nSPS) is 21.3. The maximum Gasteiger partial charge on any atom is 0 e. The summed E-state index contributed by atoms with van der Waals surface area (Å²) in [6.45, 7) is 4.65. The molecule has 0 N–H and O–H groups in total. The van der Waals surface area contributed by atoms with E-state index >= 15 is 0 Å². The van der Waals surface area contributed by atoms with Gasteiger partial charge in [0.05, 0.1) is 0 Å². The van der Waals surface area contributed by atoms with Gasteiger partial charge in [-0.05, 0) is 5.92 Å². The third-order valence-electron chi connectivity index (χ3n) is 2.36. The van der Waals surface area contributed by atoms with Crippen molar-refractivity contribution in [1.82, 2.24) is 0 Å². The van der Waals surface area contributed by atoms with E-state index in [0.717, 1.165) is 11.8 Å². The average molecular weight is 402 g/mol. The third kappa shape index (κ3) is 10.3. The van der Waals surface area contributed by atoms with Crippen LogP contribution in [0, 0.1) is 24.5 Å². The molecule has 13 heavy (non-hydrogen) atoms. The monoisotopic (exact) mass is 402 g/mol. The first kappa shape index (κ1) is 21.6. The molecular weight excluding hydrogens is 386 g/mol. The Morgan fingerprint density at radius 2 is 1.77 bits per heavy atom. The molecule has 66 valence electrons. The number of hydrogen-bond donors (Lipinski definition) is 0. The van der Waals surface area contributed by atoms with Crippen molar-refractivity contribution in [3.63, 3.8) is 0 Å². The minimum absolute atomic E-state index is 0. The molecule has 1 saturated heterocycles. The van der Waals surface area contributed by atoms with Gasteiger partial charge in [0.15, 0.2) is 0 Å². The molecule has 0 aromatic rings. The van der Waals surface area contributed by atoms with Gasteiger partial charge in [0, 0.05) is 98.1 Å². The zero-order chi connectivity index (χ0) is 7.40. The summed E-state index contributed by atoms with van der Waals surface area (Å²) in [6, 6.07) is 0. The summed E-state index contributed by atoms with van der Waals surface area (Å²) < 4.78 is 0. The van der Waals surface area contributed by atoms with Crippen molar-refractivity contribution in [1.29, 1.82) is 0 Å². The molecule has 0 bridgehead atoms. The molecule has 1 rings (SSSR count). The smallest absolute Gasteiger partial charge is 0 e. The second-order valence-electron chi connectivity index (χ2n) is 3.48. The molecule has 0 aliphatic carbocycles. The van der Waals surface area contributed by atoms with E-state index in [4.69, 9.17) is 0 Å². The van der Waals surface area contributed by atoms with Crippen LogP contribution in [0.2, 0.25) is 0 Å². The molecule has 1 unspecified atom stereocenters. The zero-order valence-electron chi connectivity index (χ0n) is 8.74. The van der Waals surface area contributed by atoms with Crippen LogP contribution in [0.15, 0.2) is 0 Å². The molecule has 1 atom stereocenters. The van der Waals surface area contributed by atoms with Gasteiger partial charge in [-0.1, -0.05) is 26.2 Å². The van der Waals surface area contributed by atoms with Crippen LogP contribution in [0.3, 0.4) is 0 Å². The Morgan fingerprint density at radius 3 is 2.31 bits per heavy atom. The van der Waals surface area contributed by atoms with Crippen LogP contribution in [-0.4, -0.2) is 7.28 Å². The minimum atomic E-state index is 0. The third-order valence-corrected chi connectivity index (χ3v) is 2.36. The number of hydrogen-bond acceptors (Lipinski definition) is 0. The summed E-state index contributed by atoms with van der Waals surface area (Å²) in [4.78, 5) is 0. The molecule has 0 nitrogen and oxygen atoms in total.